The van der Waals surface area contributed by atoms with Crippen LogP contribution in [0.4, 0.5) is 5.82 Å². The summed E-state index contributed by atoms with van der Waals surface area (Å²) < 4.78 is 5.44. The molecule has 0 unspecified atom stereocenters. The van der Waals surface area contributed by atoms with E-state index in [9.17, 15) is 0 Å². The second-order valence-electron chi connectivity index (χ2n) is 5.39. The van der Waals surface area contributed by atoms with Gasteiger partial charge in [0, 0.05) is 25.1 Å². The number of benzene rings is 1. The molecule has 2 aromatic rings. The molecule has 1 aliphatic rings. The third kappa shape index (κ3) is 3.69. The van der Waals surface area contributed by atoms with E-state index in [0.717, 1.165) is 42.5 Å². The summed E-state index contributed by atoms with van der Waals surface area (Å²) in [7, 11) is 0. The fourth-order valence-corrected chi connectivity index (χ4v) is 2.82. The van der Waals surface area contributed by atoms with Crippen molar-refractivity contribution in [3.63, 3.8) is 0 Å². The highest BCUT2D eigenvalue weighted by molar-refractivity contribution is 6.42. The topological polar surface area (TPSA) is 47.0 Å². The average molecular weight is 338 g/mol. The van der Waals surface area contributed by atoms with Crippen molar-refractivity contribution in [2.45, 2.75) is 25.8 Å². The van der Waals surface area contributed by atoms with Crippen LogP contribution in [0.15, 0.2) is 24.3 Å². The normalized spacial score (nSPS) is 17.7. The predicted molar refractivity (Wildman–Crippen MR) is 88.7 cm³/mol. The molecule has 0 saturated carbocycles. The Morgan fingerprint density at radius 3 is 2.82 bits per heavy atom. The molecule has 0 spiro atoms. The van der Waals surface area contributed by atoms with Gasteiger partial charge >= 0.3 is 0 Å². The summed E-state index contributed by atoms with van der Waals surface area (Å²) in [5.41, 5.74) is 2.10. The fraction of sp³-hybridized carbons (Fsp3) is 0.375. The minimum absolute atomic E-state index is 0.368. The molecule has 116 valence electrons. The zero-order valence-corrected chi connectivity index (χ0v) is 13.8. The number of anilines is 1. The summed E-state index contributed by atoms with van der Waals surface area (Å²) in [4.78, 5) is 8.97. The lowest BCUT2D eigenvalue weighted by Crippen LogP contribution is -2.08. The van der Waals surface area contributed by atoms with E-state index in [1.807, 2.05) is 25.1 Å². The zero-order chi connectivity index (χ0) is 15.5. The summed E-state index contributed by atoms with van der Waals surface area (Å²) in [6.45, 7) is 4.08. The first-order chi connectivity index (χ1) is 10.6. The van der Waals surface area contributed by atoms with Gasteiger partial charge in [-0.15, -0.1) is 0 Å². The van der Waals surface area contributed by atoms with E-state index < -0.39 is 0 Å². The van der Waals surface area contributed by atoms with Crippen LogP contribution in [-0.2, 0) is 11.3 Å². The number of ether oxygens (including phenoxy) is 1. The van der Waals surface area contributed by atoms with Gasteiger partial charge in [0.15, 0.2) is 0 Å². The molecule has 0 bridgehead atoms. The molecule has 1 N–H and O–H groups in total. The van der Waals surface area contributed by atoms with Crippen molar-refractivity contribution in [3.8, 4) is 0 Å². The van der Waals surface area contributed by atoms with Crippen molar-refractivity contribution in [1.29, 1.82) is 0 Å². The molecule has 1 aromatic heterocycles. The van der Waals surface area contributed by atoms with Gasteiger partial charge in [-0.2, -0.15) is 0 Å². The van der Waals surface area contributed by atoms with E-state index >= 15 is 0 Å². The van der Waals surface area contributed by atoms with Crippen molar-refractivity contribution in [2.75, 3.05) is 18.5 Å². The van der Waals surface area contributed by atoms with Crippen molar-refractivity contribution >= 4 is 29.0 Å². The van der Waals surface area contributed by atoms with E-state index in [0.29, 0.717) is 22.5 Å². The number of aromatic nitrogens is 2. The Hall–Kier alpha value is -1.36. The molecule has 6 heteroatoms. The lowest BCUT2D eigenvalue weighted by atomic mass is 10.0. The van der Waals surface area contributed by atoms with Crippen molar-refractivity contribution in [1.82, 2.24) is 9.97 Å². The molecule has 3 rings (SSSR count). The predicted octanol–water partition coefficient (Wildman–Crippen LogP) is 4.21. The van der Waals surface area contributed by atoms with E-state index in [1.54, 1.807) is 6.07 Å². The number of hydrogen-bond acceptors (Lipinski definition) is 4. The minimum atomic E-state index is 0.368. The standard InChI is InChI=1S/C16H17Cl2N3O/c1-10-20-15(12-4-5-22-9-12)7-16(21-10)19-8-11-2-3-13(17)14(18)6-11/h2-3,6-7,12H,4-5,8-9H2,1H3,(H,19,20,21)/t12-/m0/s1. The highest BCUT2D eigenvalue weighted by Crippen LogP contribution is 2.26. The van der Waals surface area contributed by atoms with Gasteiger partial charge in [-0.05, 0) is 31.0 Å². The third-order valence-electron chi connectivity index (χ3n) is 3.66. The summed E-state index contributed by atoms with van der Waals surface area (Å²) in [6.07, 6.45) is 1.02. The molecule has 1 fully saturated rings. The van der Waals surface area contributed by atoms with Crippen LogP contribution in [0.2, 0.25) is 10.0 Å². The van der Waals surface area contributed by atoms with Gasteiger partial charge in [0.05, 0.1) is 22.3 Å². The SMILES string of the molecule is Cc1nc(NCc2ccc(Cl)c(Cl)c2)cc([C@H]2CCOC2)n1. The summed E-state index contributed by atoms with van der Waals surface area (Å²) in [5, 5.41) is 4.44. The molecule has 0 amide bonds. The van der Waals surface area contributed by atoms with Gasteiger partial charge in [-0.1, -0.05) is 29.3 Å². The van der Waals surface area contributed by atoms with E-state index in [-0.39, 0.29) is 0 Å². The van der Waals surface area contributed by atoms with Gasteiger partial charge in [0.2, 0.25) is 0 Å². The van der Waals surface area contributed by atoms with Crippen LogP contribution in [-0.4, -0.2) is 23.2 Å². The van der Waals surface area contributed by atoms with Gasteiger partial charge < -0.3 is 10.1 Å². The third-order valence-corrected chi connectivity index (χ3v) is 4.40. The maximum Gasteiger partial charge on any atom is 0.130 e. The Morgan fingerprint density at radius 1 is 1.23 bits per heavy atom. The van der Waals surface area contributed by atoms with Gasteiger partial charge in [0.1, 0.15) is 11.6 Å². The quantitative estimate of drug-likeness (QED) is 0.907. The lowest BCUT2D eigenvalue weighted by Gasteiger charge is -2.12. The second kappa shape index (κ2) is 6.82. The van der Waals surface area contributed by atoms with Crippen molar-refractivity contribution in [2.24, 2.45) is 0 Å². The monoisotopic (exact) mass is 337 g/mol. The van der Waals surface area contributed by atoms with E-state index in [2.05, 4.69) is 15.3 Å². The Kier molecular flexibility index (Phi) is 4.81. The molecular formula is C16H17Cl2N3O. The first kappa shape index (κ1) is 15.5. The molecule has 1 atom stereocenters. The molecule has 1 aliphatic heterocycles. The van der Waals surface area contributed by atoms with Gasteiger partial charge in [0.25, 0.3) is 0 Å². The summed E-state index contributed by atoms with van der Waals surface area (Å²) >= 11 is 12.0. The van der Waals surface area contributed by atoms with Crippen molar-refractivity contribution in [3.05, 3.63) is 51.4 Å². The Morgan fingerprint density at radius 2 is 2.09 bits per heavy atom. The highest BCUT2D eigenvalue weighted by atomic mass is 35.5. The Labute approximate surface area is 139 Å². The van der Waals surface area contributed by atoms with Crippen LogP contribution < -0.4 is 5.32 Å². The van der Waals surface area contributed by atoms with Crippen LogP contribution in [0.1, 0.15) is 29.4 Å². The maximum atomic E-state index is 6.03. The number of halogens is 2. The lowest BCUT2D eigenvalue weighted by molar-refractivity contribution is 0.193. The molecule has 22 heavy (non-hydrogen) atoms. The Bertz CT molecular complexity index is 672. The van der Waals surface area contributed by atoms with E-state index in [4.69, 9.17) is 27.9 Å². The number of hydrogen-bond donors (Lipinski definition) is 1. The molecule has 4 nitrogen and oxygen atoms in total. The largest absolute Gasteiger partial charge is 0.381 e. The maximum absolute atomic E-state index is 6.03. The molecular weight excluding hydrogens is 321 g/mol. The number of aryl methyl sites for hydroxylation is 1. The zero-order valence-electron chi connectivity index (χ0n) is 12.3. The van der Waals surface area contributed by atoms with Crippen LogP contribution in [0.25, 0.3) is 0 Å². The van der Waals surface area contributed by atoms with E-state index in [1.165, 1.54) is 0 Å². The molecule has 0 radical (unpaired) electrons. The summed E-state index contributed by atoms with van der Waals surface area (Å²) in [5.74, 6) is 1.95. The van der Waals surface area contributed by atoms with Gasteiger partial charge in [-0.25, -0.2) is 9.97 Å². The minimum Gasteiger partial charge on any atom is -0.381 e. The highest BCUT2D eigenvalue weighted by Gasteiger charge is 2.20. The number of rotatable bonds is 4. The van der Waals surface area contributed by atoms with Crippen LogP contribution in [0.5, 0.6) is 0 Å². The molecule has 1 aromatic carbocycles. The average Bonchev–Trinajstić information content (AvgIpc) is 3.02. The van der Waals surface area contributed by atoms with Crippen LogP contribution >= 0.6 is 23.2 Å². The van der Waals surface area contributed by atoms with Crippen LogP contribution in [0, 0.1) is 6.92 Å². The summed E-state index contributed by atoms with van der Waals surface area (Å²) in [6, 6.07) is 7.61. The first-order valence-corrected chi connectivity index (χ1v) is 7.98. The Balaban J connectivity index is 1.72. The molecule has 0 aliphatic carbocycles. The number of nitrogens with one attached hydrogen (secondary N) is 1. The number of nitrogens with zero attached hydrogens (tertiary/aromatic N) is 2. The smallest absolute Gasteiger partial charge is 0.130 e. The molecule has 1 saturated heterocycles. The second-order valence-corrected chi connectivity index (χ2v) is 6.20. The van der Waals surface area contributed by atoms with Crippen LogP contribution in [0.3, 0.4) is 0 Å². The van der Waals surface area contributed by atoms with Crippen molar-refractivity contribution < 1.29 is 4.74 Å². The molecule has 2 heterocycles. The van der Waals surface area contributed by atoms with Gasteiger partial charge in [-0.3, -0.25) is 0 Å². The fourth-order valence-electron chi connectivity index (χ4n) is 2.50. The first-order valence-electron chi connectivity index (χ1n) is 7.23.